The maximum Gasteiger partial charge on any atom is 0.0700 e. The zero-order valence-corrected chi connectivity index (χ0v) is 12.9. The van der Waals surface area contributed by atoms with E-state index in [0.717, 1.165) is 15.6 Å². The minimum atomic E-state index is -0.835. The third kappa shape index (κ3) is 4.30. The highest BCUT2D eigenvalue weighted by Gasteiger charge is 2.22. The molecular formula is C15H15BrClNO. The van der Waals surface area contributed by atoms with E-state index in [-0.39, 0.29) is 0 Å². The van der Waals surface area contributed by atoms with E-state index >= 15 is 0 Å². The number of hydrogen-bond donors (Lipinski definition) is 1. The molecule has 1 aromatic carbocycles. The van der Waals surface area contributed by atoms with E-state index in [1.165, 1.54) is 0 Å². The number of halogens is 2. The minimum Gasteiger partial charge on any atom is -0.389 e. The second-order valence-corrected chi connectivity index (χ2v) is 6.27. The Kier molecular flexibility index (Phi) is 4.61. The average Bonchev–Trinajstić information content (AvgIpc) is 2.35. The Bertz CT molecular complexity index is 554. The van der Waals surface area contributed by atoms with Crippen molar-refractivity contribution in [2.75, 3.05) is 0 Å². The van der Waals surface area contributed by atoms with Gasteiger partial charge in [0.05, 0.1) is 10.6 Å². The number of benzene rings is 1. The van der Waals surface area contributed by atoms with E-state index in [0.29, 0.717) is 17.9 Å². The summed E-state index contributed by atoms with van der Waals surface area (Å²) < 4.78 is 1.04. The summed E-state index contributed by atoms with van der Waals surface area (Å²) in [6, 6.07) is 9.81. The minimum absolute atomic E-state index is 0.504. The van der Waals surface area contributed by atoms with E-state index < -0.39 is 5.60 Å². The van der Waals surface area contributed by atoms with Crippen molar-refractivity contribution in [1.29, 1.82) is 0 Å². The fraction of sp³-hybridized carbons (Fsp3) is 0.267. The van der Waals surface area contributed by atoms with Crippen LogP contribution in [-0.2, 0) is 12.8 Å². The summed E-state index contributed by atoms with van der Waals surface area (Å²) >= 11 is 9.48. The monoisotopic (exact) mass is 339 g/mol. The normalized spacial score (nSPS) is 14.1. The topological polar surface area (TPSA) is 33.1 Å². The molecule has 2 nitrogen and oxygen atoms in total. The Labute approximate surface area is 126 Å². The molecule has 0 radical (unpaired) electrons. The van der Waals surface area contributed by atoms with E-state index in [2.05, 4.69) is 20.9 Å². The highest BCUT2D eigenvalue weighted by atomic mass is 79.9. The third-order valence-electron chi connectivity index (χ3n) is 2.93. The molecule has 0 saturated carbocycles. The summed E-state index contributed by atoms with van der Waals surface area (Å²) in [4.78, 5) is 3.95. The lowest BCUT2D eigenvalue weighted by molar-refractivity contribution is 0.0608. The third-order valence-corrected chi connectivity index (χ3v) is 3.79. The molecule has 19 heavy (non-hydrogen) atoms. The molecule has 0 amide bonds. The predicted octanol–water partition coefficient (Wildman–Crippen LogP) is 4.03. The molecule has 0 aliphatic rings. The highest BCUT2D eigenvalue weighted by molar-refractivity contribution is 9.10. The van der Waals surface area contributed by atoms with Crippen LogP contribution in [0.15, 0.2) is 47.2 Å². The Morgan fingerprint density at radius 1 is 1.21 bits per heavy atom. The molecule has 100 valence electrons. The molecule has 1 aromatic heterocycles. The summed E-state index contributed by atoms with van der Waals surface area (Å²) in [6.07, 6.45) is 4.38. The van der Waals surface area contributed by atoms with Gasteiger partial charge in [0, 0.05) is 29.7 Å². The number of pyridine rings is 1. The van der Waals surface area contributed by atoms with Crippen LogP contribution in [0, 0.1) is 0 Å². The van der Waals surface area contributed by atoms with Crippen LogP contribution in [0.1, 0.15) is 18.1 Å². The Morgan fingerprint density at radius 2 is 1.89 bits per heavy atom. The van der Waals surface area contributed by atoms with Gasteiger partial charge in [0.15, 0.2) is 0 Å². The first-order chi connectivity index (χ1) is 8.96. The summed E-state index contributed by atoms with van der Waals surface area (Å²) in [5.74, 6) is 0. The van der Waals surface area contributed by atoms with Gasteiger partial charge >= 0.3 is 0 Å². The molecule has 1 heterocycles. The molecule has 0 saturated heterocycles. The van der Waals surface area contributed by atoms with Crippen molar-refractivity contribution in [3.05, 3.63) is 63.3 Å². The largest absolute Gasteiger partial charge is 0.389 e. The van der Waals surface area contributed by atoms with Crippen molar-refractivity contribution < 1.29 is 5.11 Å². The van der Waals surface area contributed by atoms with E-state index in [9.17, 15) is 5.11 Å². The molecule has 1 atom stereocenters. The molecule has 1 N–H and O–H groups in total. The lowest BCUT2D eigenvalue weighted by atomic mass is 9.90. The molecule has 4 heteroatoms. The first-order valence-corrected chi connectivity index (χ1v) is 7.19. The van der Waals surface area contributed by atoms with Crippen LogP contribution in [0.3, 0.4) is 0 Å². The average molecular weight is 341 g/mol. The number of aromatic nitrogens is 1. The van der Waals surface area contributed by atoms with Crippen molar-refractivity contribution >= 4 is 27.5 Å². The van der Waals surface area contributed by atoms with E-state index in [4.69, 9.17) is 11.6 Å². The Morgan fingerprint density at radius 3 is 2.53 bits per heavy atom. The van der Waals surface area contributed by atoms with Crippen LogP contribution < -0.4 is 0 Å². The van der Waals surface area contributed by atoms with Crippen LogP contribution in [0.4, 0.5) is 0 Å². The Balaban J connectivity index is 2.10. The molecule has 0 aliphatic heterocycles. The fourth-order valence-corrected chi connectivity index (χ4v) is 2.51. The second-order valence-electron chi connectivity index (χ2n) is 4.94. The van der Waals surface area contributed by atoms with Crippen LogP contribution >= 0.6 is 27.5 Å². The standard InChI is InChI=1S/C15H15BrClNO/c1-15(19,8-11-2-4-13(16)5-3-11)9-12-6-7-18-10-14(12)17/h2-7,10,19H,8-9H2,1H3. The molecule has 2 aromatic rings. The van der Waals surface area contributed by atoms with Crippen molar-refractivity contribution in [3.63, 3.8) is 0 Å². The lowest BCUT2D eigenvalue weighted by Gasteiger charge is -2.24. The number of hydrogen-bond acceptors (Lipinski definition) is 2. The summed E-state index contributed by atoms with van der Waals surface area (Å²) in [6.45, 7) is 1.83. The summed E-state index contributed by atoms with van der Waals surface area (Å²) in [5.41, 5.74) is 1.18. The molecule has 1 unspecified atom stereocenters. The molecule has 0 fully saturated rings. The van der Waals surface area contributed by atoms with Gasteiger partial charge in [-0.15, -0.1) is 0 Å². The quantitative estimate of drug-likeness (QED) is 0.911. The van der Waals surface area contributed by atoms with Gasteiger partial charge in [-0.3, -0.25) is 4.98 Å². The van der Waals surface area contributed by atoms with Crippen molar-refractivity contribution in [2.24, 2.45) is 0 Å². The van der Waals surface area contributed by atoms with Gasteiger partial charge in [-0.2, -0.15) is 0 Å². The van der Waals surface area contributed by atoms with E-state index in [1.807, 2.05) is 37.3 Å². The van der Waals surface area contributed by atoms with Crippen molar-refractivity contribution in [3.8, 4) is 0 Å². The maximum absolute atomic E-state index is 10.5. The Hall–Kier alpha value is -0.900. The summed E-state index contributed by atoms with van der Waals surface area (Å²) in [5, 5.41) is 11.1. The van der Waals surface area contributed by atoms with Gasteiger partial charge < -0.3 is 5.11 Å². The zero-order chi connectivity index (χ0) is 13.9. The van der Waals surface area contributed by atoms with Crippen LogP contribution in [0.5, 0.6) is 0 Å². The zero-order valence-electron chi connectivity index (χ0n) is 10.6. The second kappa shape index (κ2) is 6.04. The predicted molar refractivity (Wildman–Crippen MR) is 81.4 cm³/mol. The van der Waals surface area contributed by atoms with Gasteiger partial charge in [-0.05, 0) is 36.2 Å². The highest BCUT2D eigenvalue weighted by Crippen LogP contribution is 2.23. The van der Waals surface area contributed by atoms with Crippen LogP contribution in [-0.4, -0.2) is 15.7 Å². The summed E-state index contributed by atoms with van der Waals surface area (Å²) in [7, 11) is 0. The maximum atomic E-state index is 10.5. The van der Waals surface area contributed by atoms with Crippen LogP contribution in [0.25, 0.3) is 0 Å². The number of nitrogens with zero attached hydrogens (tertiary/aromatic N) is 1. The molecule has 0 aliphatic carbocycles. The SMILES string of the molecule is CC(O)(Cc1ccc(Br)cc1)Cc1ccncc1Cl. The van der Waals surface area contributed by atoms with Crippen molar-refractivity contribution in [1.82, 2.24) is 4.98 Å². The van der Waals surface area contributed by atoms with Crippen molar-refractivity contribution in [2.45, 2.75) is 25.4 Å². The lowest BCUT2D eigenvalue weighted by Crippen LogP contribution is -2.30. The molecular weight excluding hydrogens is 326 g/mol. The van der Waals surface area contributed by atoms with Gasteiger partial charge in [-0.25, -0.2) is 0 Å². The van der Waals surface area contributed by atoms with E-state index in [1.54, 1.807) is 12.4 Å². The fourth-order valence-electron chi connectivity index (χ4n) is 2.06. The molecule has 0 bridgehead atoms. The number of rotatable bonds is 4. The van der Waals surface area contributed by atoms with Gasteiger partial charge in [-0.1, -0.05) is 39.7 Å². The first kappa shape index (κ1) is 14.5. The number of aliphatic hydroxyl groups is 1. The van der Waals surface area contributed by atoms with Crippen LogP contribution in [0.2, 0.25) is 5.02 Å². The van der Waals surface area contributed by atoms with Gasteiger partial charge in [0.25, 0.3) is 0 Å². The smallest absolute Gasteiger partial charge is 0.0700 e. The molecule has 0 spiro atoms. The van der Waals surface area contributed by atoms with Gasteiger partial charge in [0.1, 0.15) is 0 Å². The van der Waals surface area contributed by atoms with Gasteiger partial charge in [0.2, 0.25) is 0 Å². The molecule has 2 rings (SSSR count). The first-order valence-electron chi connectivity index (χ1n) is 6.01.